The predicted octanol–water partition coefficient (Wildman–Crippen LogP) is 2.59. The van der Waals surface area contributed by atoms with Gasteiger partial charge in [0.05, 0.1) is 17.9 Å². The molecule has 1 aliphatic rings. The largest absolute Gasteiger partial charge is 0.478 e. The topological polar surface area (TPSA) is 87.2 Å². The number of benzene rings is 1. The number of pyridine rings is 1. The molecule has 1 saturated heterocycles. The van der Waals surface area contributed by atoms with Gasteiger partial charge in [0.25, 0.3) is 0 Å². The Bertz CT molecular complexity index is 897. The molecule has 6 heteroatoms. The smallest absolute Gasteiger partial charge is 0.335 e. The van der Waals surface area contributed by atoms with E-state index < -0.39 is 5.97 Å². The van der Waals surface area contributed by atoms with Crippen LogP contribution in [0.1, 0.15) is 22.2 Å². The lowest BCUT2D eigenvalue weighted by Gasteiger charge is -2.24. The molecule has 0 radical (unpaired) electrons. The summed E-state index contributed by atoms with van der Waals surface area (Å²) in [7, 11) is 0. The molecule has 6 nitrogen and oxygen atoms in total. The molecule has 1 atom stereocenters. The molecular weight excluding hydrogens is 306 g/mol. The minimum absolute atomic E-state index is 0.0850. The van der Waals surface area contributed by atoms with Crippen LogP contribution in [0.3, 0.4) is 0 Å². The summed E-state index contributed by atoms with van der Waals surface area (Å²) in [6, 6.07) is 9.03. The standard InChI is InChI=1S/C18H17N3O3/c22-18(23)11-3-4-12-14(9-21-15(12)8-11)13-2-1-5-20-17(13)16-10-19-6-7-24-16/h1-5,8-9,16,19,21H,6-7,10H2,(H,22,23). The third kappa shape index (κ3) is 2.55. The van der Waals surface area contributed by atoms with Crippen LogP contribution >= 0.6 is 0 Å². The van der Waals surface area contributed by atoms with Gasteiger partial charge in [-0.15, -0.1) is 0 Å². The molecule has 1 aromatic carbocycles. The molecule has 24 heavy (non-hydrogen) atoms. The van der Waals surface area contributed by atoms with E-state index in [2.05, 4.69) is 15.3 Å². The van der Waals surface area contributed by atoms with Gasteiger partial charge in [0.2, 0.25) is 0 Å². The summed E-state index contributed by atoms with van der Waals surface area (Å²) in [6.07, 6.45) is 3.58. The molecule has 4 rings (SSSR count). The quantitative estimate of drug-likeness (QED) is 0.689. The summed E-state index contributed by atoms with van der Waals surface area (Å²) in [5.74, 6) is -0.934. The van der Waals surface area contributed by atoms with Crippen LogP contribution in [0.5, 0.6) is 0 Å². The number of hydrogen-bond acceptors (Lipinski definition) is 4. The highest BCUT2D eigenvalue weighted by atomic mass is 16.5. The van der Waals surface area contributed by atoms with Gasteiger partial charge in [-0.1, -0.05) is 12.1 Å². The van der Waals surface area contributed by atoms with Gasteiger partial charge >= 0.3 is 5.97 Å². The molecular formula is C18H17N3O3. The van der Waals surface area contributed by atoms with Gasteiger partial charge in [-0.05, 0) is 18.2 Å². The highest BCUT2D eigenvalue weighted by Crippen LogP contribution is 2.34. The number of morpholine rings is 1. The molecule has 0 saturated carbocycles. The van der Waals surface area contributed by atoms with Gasteiger partial charge in [0.15, 0.2) is 0 Å². The first-order chi connectivity index (χ1) is 11.7. The number of nitrogens with zero attached hydrogens (tertiary/aromatic N) is 1. The lowest BCUT2D eigenvalue weighted by Crippen LogP contribution is -2.34. The number of aromatic amines is 1. The fraction of sp³-hybridized carbons (Fsp3) is 0.222. The van der Waals surface area contributed by atoms with Crippen LogP contribution in [0, 0.1) is 0 Å². The second-order valence-electron chi connectivity index (χ2n) is 5.77. The molecule has 0 amide bonds. The summed E-state index contributed by atoms with van der Waals surface area (Å²) in [6.45, 7) is 2.25. The third-order valence-electron chi connectivity index (χ3n) is 4.29. The van der Waals surface area contributed by atoms with Crippen molar-refractivity contribution in [3.63, 3.8) is 0 Å². The molecule has 122 valence electrons. The number of aromatic carboxylic acids is 1. The molecule has 0 aliphatic carbocycles. The van der Waals surface area contributed by atoms with Gasteiger partial charge in [-0.2, -0.15) is 0 Å². The first kappa shape index (κ1) is 14.9. The summed E-state index contributed by atoms with van der Waals surface area (Å²) >= 11 is 0. The van der Waals surface area contributed by atoms with Crippen molar-refractivity contribution < 1.29 is 14.6 Å². The van der Waals surface area contributed by atoms with Gasteiger partial charge in [0, 0.05) is 47.5 Å². The highest BCUT2D eigenvalue weighted by molar-refractivity contribution is 6.00. The third-order valence-corrected chi connectivity index (χ3v) is 4.29. The monoisotopic (exact) mass is 323 g/mol. The van der Waals surface area contributed by atoms with E-state index in [0.717, 1.165) is 40.8 Å². The number of carboxylic acid groups (broad SMARTS) is 1. The van der Waals surface area contributed by atoms with Crippen molar-refractivity contribution in [1.29, 1.82) is 0 Å². The van der Waals surface area contributed by atoms with Crippen LogP contribution in [-0.2, 0) is 4.74 Å². The van der Waals surface area contributed by atoms with Crippen LogP contribution in [0.4, 0.5) is 0 Å². The molecule has 0 spiro atoms. The molecule has 3 N–H and O–H groups in total. The number of fused-ring (bicyclic) bond motifs is 1. The molecule has 3 aromatic rings. The van der Waals surface area contributed by atoms with Crippen molar-refractivity contribution >= 4 is 16.9 Å². The second-order valence-corrected chi connectivity index (χ2v) is 5.77. The summed E-state index contributed by atoms with van der Waals surface area (Å²) < 4.78 is 5.85. The lowest BCUT2D eigenvalue weighted by molar-refractivity contribution is 0.0254. The zero-order valence-electron chi connectivity index (χ0n) is 13.0. The minimum Gasteiger partial charge on any atom is -0.478 e. The minimum atomic E-state index is -0.934. The van der Waals surface area contributed by atoms with Crippen molar-refractivity contribution in [2.75, 3.05) is 19.7 Å². The maximum absolute atomic E-state index is 11.1. The summed E-state index contributed by atoms with van der Waals surface area (Å²) in [4.78, 5) is 18.8. The van der Waals surface area contributed by atoms with Crippen molar-refractivity contribution in [2.45, 2.75) is 6.10 Å². The van der Waals surface area contributed by atoms with Crippen LogP contribution in [0.15, 0.2) is 42.7 Å². The van der Waals surface area contributed by atoms with E-state index in [1.54, 1.807) is 18.3 Å². The number of carbonyl (C=O) groups is 1. The van der Waals surface area contributed by atoms with Crippen LogP contribution < -0.4 is 5.32 Å². The number of aromatic nitrogens is 2. The van der Waals surface area contributed by atoms with Gasteiger partial charge in [0.1, 0.15) is 6.10 Å². The highest BCUT2D eigenvalue weighted by Gasteiger charge is 2.22. The first-order valence-corrected chi connectivity index (χ1v) is 7.86. The van der Waals surface area contributed by atoms with E-state index in [-0.39, 0.29) is 11.7 Å². The number of rotatable bonds is 3. The SMILES string of the molecule is O=C(O)c1ccc2c(-c3cccnc3C3CNCCO3)c[nH]c2c1. The van der Waals surface area contributed by atoms with Crippen LogP contribution in [0.2, 0.25) is 0 Å². The number of H-pyrrole nitrogens is 1. The Morgan fingerprint density at radius 3 is 3.00 bits per heavy atom. The van der Waals surface area contributed by atoms with E-state index in [9.17, 15) is 4.79 Å². The maximum atomic E-state index is 11.1. The Morgan fingerprint density at radius 1 is 1.29 bits per heavy atom. The number of carboxylic acids is 1. The van der Waals surface area contributed by atoms with Crippen molar-refractivity contribution in [3.05, 3.63) is 54.0 Å². The molecule has 1 unspecified atom stereocenters. The van der Waals surface area contributed by atoms with E-state index in [1.165, 1.54) is 0 Å². The molecule has 1 aliphatic heterocycles. The van der Waals surface area contributed by atoms with Crippen molar-refractivity contribution in [2.24, 2.45) is 0 Å². The molecule has 0 bridgehead atoms. The van der Waals surface area contributed by atoms with E-state index in [0.29, 0.717) is 6.61 Å². The Morgan fingerprint density at radius 2 is 2.21 bits per heavy atom. The Balaban J connectivity index is 1.82. The van der Waals surface area contributed by atoms with Gasteiger partial charge < -0.3 is 20.1 Å². The second kappa shape index (κ2) is 6.07. The Kier molecular flexibility index (Phi) is 3.76. The normalized spacial score (nSPS) is 17.9. The average molecular weight is 323 g/mol. The molecule has 2 aromatic heterocycles. The molecule has 1 fully saturated rings. The number of ether oxygens (including phenoxy) is 1. The fourth-order valence-electron chi connectivity index (χ4n) is 3.12. The van der Waals surface area contributed by atoms with Crippen molar-refractivity contribution in [1.82, 2.24) is 15.3 Å². The fourth-order valence-corrected chi connectivity index (χ4v) is 3.12. The number of nitrogens with one attached hydrogen (secondary N) is 2. The zero-order chi connectivity index (χ0) is 16.5. The van der Waals surface area contributed by atoms with E-state index in [1.807, 2.05) is 24.4 Å². The zero-order valence-corrected chi connectivity index (χ0v) is 13.0. The summed E-state index contributed by atoms with van der Waals surface area (Å²) in [5, 5.41) is 13.4. The first-order valence-electron chi connectivity index (χ1n) is 7.86. The van der Waals surface area contributed by atoms with E-state index in [4.69, 9.17) is 9.84 Å². The molecule has 3 heterocycles. The van der Waals surface area contributed by atoms with Crippen molar-refractivity contribution in [3.8, 4) is 11.1 Å². The Hall–Kier alpha value is -2.70. The number of hydrogen-bond donors (Lipinski definition) is 3. The predicted molar refractivity (Wildman–Crippen MR) is 90.1 cm³/mol. The summed E-state index contributed by atoms with van der Waals surface area (Å²) in [5.41, 5.74) is 3.96. The van der Waals surface area contributed by atoms with Gasteiger partial charge in [-0.3, -0.25) is 4.98 Å². The van der Waals surface area contributed by atoms with Crippen LogP contribution in [0.25, 0.3) is 22.0 Å². The maximum Gasteiger partial charge on any atom is 0.335 e. The van der Waals surface area contributed by atoms with Crippen LogP contribution in [-0.4, -0.2) is 40.7 Å². The lowest BCUT2D eigenvalue weighted by atomic mass is 9.99. The Labute approximate surface area is 138 Å². The average Bonchev–Trinajstić information content (AvgIpc) is 3.05. The van der Waals surface area contributed by atoms with Gasteiger partial charge in [-0.25, -0.2) is 4.79 Å². The van der Waals surface area contributed by atoms with E-state index >= 15 is 0 Å².